The number of hydrogen-bond donors (Lipinski definition) is 1. The van der Waals surface area contributed by atoms with Crippen LogP contribution in [0.15, 0.2) is 53.1 Å². The van der Waals surface area contributed by atoms with Gasteiger partial charge in [0, 0.05) is 29.1 Å². The van der Waals surface area contributed by atoms with Gasteiger partial charge < -0.3 is 9.84 Å². The molecule has 0 saturated heterocycles. The summed E-state index contributed by atoms with van der Waals surface area (Å²) in [6.45, 7) is 8.29. The predicted molar refractivity (Wildman–Crippen MR) is 122 cm³/mol. The minimum atomic E-state index is 0.233. The number of Topliss-reactive ketones (excluding diaryl/α,β-unsaturated/α-hetero) is 1. The number of nitrogens with one attached hydrogen (secondary N) is 1. The second-order valence-electron chi connectivity index (χ2n) is 9.20. The molecule has 0 bridgehead atoms. The molecule has 1 heterocycles. The van der Waals surface area contributed by atoms with Crippen LogP contribution in [-0.2, 0) is 11.2 Å². The van der Waals surface area contributed by atoms with Gasteiger partial charge in [-0.05, 0) is 62.3 Å². The van der Waals surface area contributed by atoms with Gasteiger partial charge in [0.15, 0.2) is 0 Å². The zero-order valence-corrected chi connectivity index (χ0v) is 18.8. The Morgan fingerprint density at radius 1 is 1.03 bits per heavy atom. The highest BCUT2D eigenvalue weighted by Gasteiger charge is 2.32. The van der Waals surface area contributed by atoms with Gasteiger partial charge in [0.2, 0.25) is 5.82 Å². The first kappa shape index (κ1) is 21.4. The van der Waals surface area contributed by atoms with Gasteiger partial charge in [-0.25, -0.2) is 0 Å². The van der Waals surface area contributed by atoms with Crippen molar-refractivity contribution in [3.63, 3.8) is 0 Å². The molecule has 1 atom stereocenters. The van der Waals surface area contributed by atoms with Crippen LogP contribution in [0.25, 0.3) is 22.8 Å². The normalized spacial score (nSPS) is 19.3. The molecule has 2 aromatic carbocycles. The van der Waals surface area contributed by atoms with Crippen LogP contribution in [0, 0.1) is 11.8 Å². The Balaban J connectivity index is 1.38. The molecule has 162 valence electrons. The maximum absolute atomic E-state index is 11.4. The van der Waals surface area contributed by atoms with Crippen LogP contribution in [0.3, 0.4) is 0 Å². The van der Waals surface area contributed by atoms with Crippen molar-refractivity contribution >= 4 is 5.78 Å². The van der Waals surface area contributed by atoms with Gasteiger partial charge in [-0.3, -0.25) is 4.79 Å². The van der Waals surface area contributed by atoms with Crippen molar-refractivity contribution < 1.29 is 9.32 Å². The molecule has 5 heteroatoms. The second kappa shape index (κ2) is 9.15. The molecular weight excluding hydrogens is 386 g/mol. The summed E-state index contributed by atoms with van der Waals surface area (Å²) in [5.41, 5.74) is 4.39. The molecular formula is C26H31N3O2. The Hall–Kier alpha value is -2.79. The quantitative estimate of drug-likeness (QED) is 0.515. The predicted octanol–water partition coefficient (Wildman–Crippen LogP) is 5.62. The first-order valence-corrected chi connectivity index (χ1v) is 11.2. The first-order valence-electron chi connectivity index (χ1n) is 11.2. The smallest absolute Gasteiger partial charge is 0.258 e. The average molecular weight is 418 g/mol. The molecule has 0 amide bonds. The lowest BCUT2D eigenvalue weighted by Gasteiger charge is -2.36. The monoisotopic (exact) mass is 417 g/mol. The van der Waals surface area contributed by atoms with Crippen LogP contribution in [-0.4, -0.2) is 22.0 Å². The van der Waals surface area contributed by atoms with E-state index in [-0.39, 0.29) is 12.0 Å². The Morgan fingerprint density at radius 2 is 1.68 bits per heavy atom. The zero-order chi connectivity index (χ0) is 22.0. The van der Waals surface area contributed by atoms with Crippen LogP contribution in [0.2, 0.25) is 0 Å². The van der Waals surface area contributed by atoms with Gasteiger partial charge in [0.1, 0.15) is 5.78 Å². The number of benzene rings is 2. The van der Waals surface area contributed by atoms with Crippen molar-refractivity contribution in [2.75, 3.05) is 0 Å². The summed E-state index contributed by atoms with van der Waals surface area (Å²) in [5, 5.41) is 7.79. The number of aromatic nitrogens is 2. The largest absolute Gasteiger partial charge is 0.334 e. The highest BCUT2D eigenvalue weighted by Crippen LogP contribution is 2.30. The lowest BCUT2D eigenvalue weighted by atomic mass is 9.77. The summed E-state index contributed by atoms with van der Waals surface area (Å²) in [4.78, 5) is 16.0. The summed E-state index contributed by atoms with van der Waals surface area (Å²) in [6.07, 6.45) is 2.96. The SMILES string of the molecule is CC(=O)C1CC(NC(C)c2ccc(-c3noc(-c4ccc(CC(C)C)cc4)n3)cc2)C1. The third kappa shape index (κ3) is 5.10. The molecule has 1 aromatic heterocycles. The number of nitrogens with zero attached hydrogens (tertiary/aromatic N) is 2. The van der Waals surface area contributed by atoms with Crippen molar-refractivity contribution in [3.05, 3.63) is 59.7 Å². The topological polar surface area (TPSA) is 68.0 Å². The van der Waals surface area contributed by atoms with Gasteiger partial charge in [0.25, 0.3) is 5.89 Å². The number of carbonyl (C=O) groups excluding carboxylic acids is 1. The van der Waals surface area contributed by atoms with E-state index in [2.05, 4.69) is 60.5 Å². The number of hydrogen-bond acceptors (Lipinski definition) is 5. The molecule has 1 aliphatic carbocycles. The van der Waals surface area contributed by atoms with Crippen LogP contribution in [0.1, 0.15) is 57.7 Å². The van der Waals surface area contributed by atoms with E-state index in [1.807, 2.05) is 24.3 Å². The first-order chi connectivity index (χ1) is 14.9. The minimum absolute atomic E-state index is 0.233. The second-order valence-corrected chi connectivity index (χ2v) is 9.20. The molecule has 31 heavy (non-hydrogen) atoms. The Bertz CT molecular complexity index is 1020. The average Bonchev–Trinajstić information content (AvgIpc) is 3.20. The van der Waals surface area contributed by atoms with E-state index in [0.717, 1.165) is 30.4 Å². The van der Waals surface area contributed by atoms with Crippen LogP contribution in [0.5, 0.6) is 0 Å². The molecule has 1 N–H and O–H groups in total. The molecule has 1 unspecified atom stereocenters. The van der Waals surface area contributed by atoms with E-state index in [1.165, 1.54) is 11.1 Å². The lowest BCUT2D eigenvalue weighted by molar-refractivity contribution is -0.123. The van der Waals surface area contributed by atoms with E-state index in [4.69, 9.17) is 4.52 Å². The van der Waals surface area contributed by atoms with E-state index < -0.39 is 0 Å². The van der Waals surface area contributed by atoms with Gasteiger partial charge in [-0.1, -0.05) is 55.4 Å². The van der Waals surface area contributed by atoms with Crippen molar-refractivity contribution in [1.82, 2.24) is 15.5 Å². The summed E-state index contributed by atoms with van der Waals surface area (Å²) in [5.74, 6) is 2.31. The maximum Gasteiger partial charge on any atom is 0.258 e. The van der Waals surface area contributed by atoms with Crippen molar-refractivity contribution in [2.45, 2.75) is 59.0 Å². The third-order valence-electron chi connectivity index (χ3n) is 6.14. The maximum atomic E-state index is 11.4. The summed E-state index contributed by atoms with van der Waals surface area (Å²) >= 11 is 0. The molecule has 0 spiro atoms. The fraction of sp³-hybridized carbons (Fsp3) is 0.423. The summed E-state index contributed by atoms with van der Waals surface area (Å²) in [7, 11) is 0. The zero-order valence-electron chi connectivity index (χ0n) is 18.8. The molecule has 3 aromatic rings. The molecule has 1 saturated carbocycles. The van der Waals surface area contributed by atoms with E-state index in [0.29, 0.717) is 29.5 Å². The van der Waals surface area contributed by atoms with Crippen molar-refractivity contribution in [3.8, 4) is 22.8 Å². The fourth-order valence-electron chi connectivity index (χ4n) is 4.17. The molecule has 1 aliphatic rings. The molecule has 5 nitrogen and oxygen atoms in total. The molecule has 4 rings (SSSR count). The van der Waals surface area contributed by atoms with E-state index in [1.54, 1.807) is 6.92 Å². The van der Waals surface area contributed by atoms with Crippen LogP contribution < -0.4 is 5.32 Å². The highest BCUT2D eigenvalue weighted by molar-refractivity contribution is 5.79. The van der Waals surface area contributed by atoms with Crippen molar-refractivity contribution in [1.29, 1.82) is 0 Å². The minimum Gasteiger partial charge on any atom is -0.334 e. The van der Waals surface area contributed by atoms with Crippen LogP contribution >= 0.6 is 0 Å². The fourth-order valence-corrected chi connectivity index (χ4v) is 4.17. The van der Waals surface area contributed by atoms with E-state index >= 15 is 0 Å². The summed E-state index contributed by atoms with van der Waals surface area (Å²) in [6, 6.07) is 17.3. The Morgan fingerprint density at radius 3 is 2.29 bits per heavy atom. The van der Waals surface area contributed by atoms with Gasteiger partial charge in [0.05, 0.1) is 0 Å². The van der Waals surface area contributed by atoms with Crippen molar-refractivity contribution in [2.24, 2.45) is 11.8 Å². The molecule has 0 radical (unpaired) electrons. The summed E-state index contributed by atoms with van der Waals surface area (Å²) < 4.78 is 5.51. The van der Waals surface area contributed by atoms with Gasteiger partial charge in [-0.2, -0.15) is 4.98 Å². The molecule has 0 aliphatic heterocycles. The Labute approximate surface area is 184 Å². The van der Waals surface area contributed by atoms with Gasteiger partial charge in [-0.15, -0.1) is 0 Å². The van der Waals surface area contributed by atoms with Crippen LogP contribution in [0.4, 0.5) is 0 Å². The standard InChI is InChI=1S/C26H31N3O2/c1-16(2)13-19-5-7-22(8-6-19)26-28-25(29-31-26)21-11-9-20(10-12-21)17(3)27-24-14-23(15-24)18(4)30/h5-12,16-17,23-24,27H,13-15H2,1-4H3. The lowest BCUT2D eigenvalue weighted by Crippen LogP contribution is -2.44. The highest BCUT2D eigenvalue weighted by atomic mass is 16.5. The Kier molecular flexibility index (Phi) is 6.33. The van der Waals surface area contributed by atoms with E-state index in [9.17, 15) is 4.79 Å². The van der Waals surface area contributed by atoms with Gasteiger partial charge >= 0.3 is 0 Å². The number of rotatable bonds is 8. The molecule has 1 fully saturated rings. The number of ketones is 1. The third-order valence-corrected chi connectivity index (χ3v) is 6.14. The number of carbonyl (C=O) groups is 1.